The molecule has 0 unspecified atom stereocenters. The van der Waals surface area contributed by atoms with Crippen molar-refractivity contribution in [2.24, 2.45) is 0 Å². The van der Waals surface area contributed by atoms with Crippen LogP contribution >= 0.6 is 23.2 Å². The third kappa shape index (κ3) is 2.92. The largest absolute Gasteiger partial charge is 0.488 e. The Morgan fingerprint density at radius 1 is 0.905 bits per heavy atom. The van der Waals surface area contributed by atoms with Crippen LogP contribution in [0.25, 0.3) is 10.8 Å². The number of nitrogen functional groups attached to an aromatic ring is 1. The van der Waals surface area contributed by atoms with Crippen molar-refractivity contribution in [3.63, 3.8) is 0 Å². The zero-order chi connectivity index (χ0) is 14.8. The molecule has 0 spiro atoms. The van der Waals surface area contributed by atoms with Crippen LogP contribution in [-0.2, 0) is 6.61 Å². The molecular weight excluding hydrogens is 305 g/mol. The zero-order valence-corrected chi connectivity index (χ0v) is 12.7. The Balaban J connectivity index is 1.92. The highest BCUT2D eigenvalue weighted by molar-refractivity contribution is 6.35. The normalized spacial score (nSPS) is 10.8. The van der Waals surface area contributed by atoms with Gasteiger partial charge in [-0.25, -0.2) is 0 Å². The van der Waals surface area contributed by atoms with E-state index in [2.05, 4.69) is 0 Å². The molecule has 3 rings (SSSR count). The van der Waals surface area contributed by atoms with E-state index in [1.807, 2.05) is 42.5 Å². The van der Waals surface area contributed by atoms with Crippen LogP contribution in [0.15, 0.2) is 54.6 Å². The highest BCUT2D eigenvalue weighted by Gasteiger charge is 2.07. The first-order valence-corrected chi connectivity index (χ1v) is 7.24. The number of nitrogens with two attached hydrogens (primary N) is 1. The lowest BCUT2D eigenvalue weighted by Gasteiger charge is -2.12. The van der Waals surface area contributed by atoms with Gasteiger partial charge in [-0.15, -0.1) is 0 Å². The molecule has 0 radical (unpaired) electrons. The summed E-state index contributed by atoms with van der Waals surface area (Å²) in [6.07, 6.45) is 0. The first kappa shape index (κ1) is 14.1. The fourth-order valence-corrected chi connectivity index (χ4v) is 2.64. The third-order valence-corrected chi connectivity index (χ3v) is 3.88. The summed E-state index contributed by atoms with van der Waals surface area (Å²) in [6, 6.07) is 16.9. The first-order chi connectivity index (χ1) is 10.1. The maximum Gasteiger partial charge on any atom is 0.127 e. The minimum Gasteiger partial charge on any atom is -0.488 e. The summed E-state index contributed by atoms with van der Waals surface area (Å²) in [5.41, 5.74) is 7.46. The molecule has 106 valence electrons. The fraction of sp³-hybridized carbons (Fsp3) is 0.0588. The number of fused-ring (bicyclic) bond motifs is 1. The number of hydrogen-bond donors (Lipinski definition) is 1. The van der Waals surface area contributed by atoms with Crippen LogP contribution in [0.3, 0.4) is 0 Å². The number of rotatable bonds is 3. The van der Waals surface area contributed by atoms with Crippen LogP contribution in [0.4, 0.5) is 5.69 Å². The van der Waals surface area contributed by atoms with Crippen LogP contribution < -0.4 is 10.5 Å². The van der Waals surface area contributed by atoms with Crippen LogP contribution in [0, 0.1) is 0 Å². The van der Waals surface area contributed by atoms with Gasteiger partial charge in [-0.05, 0) is 30.3 Å². The summed E-state index contributed by atoms with van der Waals surface area (Å²) < 4.78 is 5.90. The topological polar surface area (TPSA) is 35.2 Å². The monoisotopic (exact) mass is 317 g/mol. The molecule has 3 aromatic carbocycles. The Hall–Kier alpha value is -1.90. The van der Waals surface area contributed by atoms with E-state index in [1.54, 1.807) is 12.1 Å². The summed E-state index contributed by atoms with van der Waals surface area (Å²) >= 11 is 12.2. The lowest BCUT2D eigenvalue weighted by Crippen LogP contribution is -2.00. The molecule has 0 aliphatic heterocycles. The van der Waals surface area contributed by atoms with E-state index in [9.17, 15) is 0 Å². The smallest absolute Gasteiger partial charge is 0.127 e. The Kier molecular flexibility index (Phi) is 3.91. The lowest BCUT2D eigenvalue weighted by molar-refractivity contribution is 0.311. The average molecular weight is 318 g/mol. The molecule has 0 aromatic heterocycles. The molecule has 3 aromatic rings. The van der Waals surface area contributed by atoms with Gasteiger partial charge in [0, 0.05) is 32.1 Å². The average Bonchev–Trinajstić information content (AvgIpc) is 2.50. The molecule has 2 N–H and O–H groups in total. The van der Waals surface area contributed by atoms with E-state index < -0.39 is 0 Å². The molecule has 0 saturated carbocycles. The minimum atomic E-state index is 0.359. The molecule has 0 fully saturated rings. The van der Waals surface area contributed by atoms with Crippen molar-refractivity contribution in [1.82, 2.24) is 0 Å². The predicted octanol–water partition coefficient (Wildman–Crippen LogP) is 5.31. The van der Waals surface area contributed by atoms with E-state index in [1.165, 1.54) is 0 Å². The highest BCUT2D eigenvalue weighted by atomic mass is 35.5. The van der Waals surface area contributed by atoms with Gasteiger partial charge >= 0.3 is 0 Å². The number of ether oxygens (including phenoxy) is 1. The van der Waals surface area contributed by atoms with Gasteiger partial charge < -0.3 is 10.5 Å². The molecular formula is C17H13Cl2NO. The molecule has 0 heterocycles. The van der Waals surface area contributed by atoms with Gasteiger partial charge in [-0.2, -0.15) is 0 Å². The van der Waals surface area contributed by atoms with Gasteiger partial charge in [0.15, 0.2) is 0 Å². The second-order valence-electron chi connectivity index (χ2n) is 4.72. The van der Waals surface area contributed by atoms with Gasteiger partial charge in [-0.1, -0.05) is 47.5 Å². The first-order valence-electron chi connectivity index (χ1n) is 6.49. The molecule has 0 saturated heterocycles. The lowest BCUT2D eigenvalue weighted by atomic mass is 10.1. The molecule has 21 heavy (non-hydrogen) atoms. The number of halogens is 2. The van der Waals surface area contributed by atoms with E-state index in [0.717, 1.165) is 22.1 Å². The summed E-state index contributed by atoms with van der Waals surface area (Å²) in [5, 5.41) is 3.30. The fourth-order valence-electron chi connectivity index (χ4n) is 2.22. The SMILES string of the molecule is Nc1ccc(Cl)cc1COc1ccc(Cl)c2ccccc12. The third-order valence-electron chi connectivity index (χ3n) is 3.32. The summed E-state index contributed by atoms with van der Waals surface area (Å²) in [6.45, 7) is 0.359. The van der Waals surface area contributed by atoms with Gasteiger partial charge in [-0.3, -0.25) is 0 Å². The maximum absolute atomic E-state index is 6.20. The molecule has 0 bridgehead atoms. The van der Waals surface area contributed by atoms with E-state index in [-0.39, 0.29) is 0 Å². The Bertz CT molecular complexity index is 802. The molecule has 0 aliphatic rings. The van der Waals surface area contributed by atoms with Crippen LogP contribution in [0.2, 0.25) is 10.0 Å². The second-order valence-corrected chi connectivity index (χ2v) is 5.57. The quantitative estimate of drug-likeness (QED) is 0.664. The van der Waals surface area contributed by atoms with Crippen molar-refractivity contribution in [3.05, 3.63) is 70.2 Å². The Labute approximate surface area is 133 Å². The van der Waals surface area contributed by atoms with Crippen molar-refractivity contribution in [2.45, 2.75) is 6.61 Å². The maximum atomic E-state index is 6.20. The van der Waals surface area contributed by atoms with Crippen molar-refractivity contribution < 1.29 is 4.74 Å². The van der Waals surface area contributed by atoms with Crippen LogP contribution in [-0.4, -0.2) is 0 Å². The number of anilines is 1. The van der Waals surface area contributed by atoms with Gasteiger partial charge in [0.05, 0.1) is 0 Å². The standard InChI is InChI=1S/C17H13Cl2NO/c18-12-5-7-16(20)11(9-12)10-21-17-8-6-15(19)13-3-1-2-4-14(13)17/h1-9H,10,20H2. The summed E-state index contributed by atoms with van der Waals surface area (Å²) in [7, 11) is 0. The highest BCUT2D eigenvalue weighted by Crippen LogP contribution is 2.32. The van der Waals surface area contributed by atoms with Gasteiger partial charge in [0.25, 0.3) is 0 Å². The zero-order valence-electron chi connectivity index (χ0n) is 11.1. The molecule has 2 nitrogen and oxygen atoms in total. The molecule has 0 amide bonds. The van der Waals surface area contributed by atoms with Crippen molar-refractivity contribution in [2.75, 3.05) is 5.73 Å². The van der Waals surface area contributed by atoms with Crippen molar-refractivity contribution in [3.8, 4) is 5.75 Å². The molecule has 4 heteroatoms. The molecule has 0 atom stereocenters. The van der Waals surface area contributed by atoms with Gasteiger partial charge in [0.1, 0.15) is 12.4 Å². The number of hydrogen-bond acceptors (Lipinski definition) is 2. The Morgan fingerprint density at radius 2 is 1.67 bits per heavy atom. The minimum absolute atomic E-state index is 0.359. The van der Waals surface area contributed by atoms with Gasteiger partial charge in [0.2, 0.25) is 0 Å². The van der Waals surface area contributed by atoms with E-state index in [0.29, 0.717) is 22.3 Å². The van der Waals surface area contributed by atoms with E-state index in [4.69, 9.17) is 33.7 Å². The van der Waals surface area contributed by atoms with Crippen molar-refractivity contribution >= 4 is 39.7 Å². The number of benzene rings is 3. The van der Waals surface area contributed by atoms with Crippen LogP contribution in [0.1, 0.15) is 5.56 Å². The van der Waals surface area contributed by atoms with E-state index >= 15 is 0 Å². The molecule has 0 aliphatic carbocycles. The summed E-state index contributed by atoms with van der Waals surface area (Å²) in [5.74, 6) is 0.773. The van der Waals surface area contributed by atoms with Crippen molar-refractivity contribution in [1.29, 1.82) is 0 Å². The Morgan fingerprint density at radius 3 is 2.48 bits per heavy atom. The second kappa shape index (κ2) is 5.84. The predicted molar refractivity (Wildman–Crippen MR) is 89.2 cm³/mol. The summed E-state index contributed by atoms with van der Waals surface area (Å²) in [4.78, 5) is 0. The van der Waals surface area contributed by atoms with Crippen LogP contribution in [0.5, 0.6) is 5.75 Å².